The number of hydrogen-bond donors (Lipinski definition) is 0. The molecular weight excluding hydrogens is 753 g/mol. The van der Waals surface area contributed by atoms with Gasteiger partial charge in [-0.3, -0.25) is 0 Å². The van der Waals surface area contributed by atoms with Gasteiger partial charge in [0.25, 0.3) is 0 Å². The molecule has 2 aliphatic heterocycles. The minimum Gasteiger partial charge on any atom is -0.375 e. The molecule has 0 bridgehead atoms. The van der Waals surface area contributed by atoms with Crippen molar-refractivity contribution in [3.05, 3.63) is 47.9 Å². The lowest BCUT2D eigenvalue weighted by Gasteiger charge is -2.43. The van der Waals surface area contributed by atoms with E-state index in [9.17, 15) is 0 Å². The highest BCUT2D eigenvalue weighted by atomic mass is 16.5. The van der Waals surface area contributed by atoms with Crippen molar-refractivity contribution in [3.63, 3.8) is 0 Å². The molecule has 0 amide bonds. The Kier molecular flexibility index (Phi) is 15.7. The van der Waals surface area contributed by atoms with E-state index in [1.54, 1.807) is 6.20 Å². The van der Waals surface area contributed by atoms with E-state index < -0.39 is 0 Å². The topological polar surface area (TPSA) is 87.6 Å². The van der Waals surface area contributed by atoms with E-state index >= 15 is 0 Å². The van der Waals surface area contributed by atoms with Gasteiger partial charge in [-0.15, -0.1) is 0 Å². The van der Waals surface area contributed by atoms with Crippen molar-refractivity contribution in [3.8, 4) is 23.7 Å². The number of rotatable bonds is 15. The maximum Gasteiger partial charge on any atom is 0.206 e. The molecule has 1 aromatic carbocycles. The Morgan fingerprint density at radius 3 is 1.78 bits per heavy atom. The van der Waals surface area contributed by atoms with Crippen LogP contribution in [0.25, 0.3) is 0 Å². The van der Waals surface area contributed by atoms with E-state index in [2.05, 4.69) is 116 Å². The Bertz CT molecular complexity index is 1780. The molecule has 10 heteroatoms. The fraction of sp³-hybridized carbons (Fsp3) is 0.720. The van der Waals surface area contributed by atoms with E-state index in [1.165, 1.54) is 5.69 Å². The van der Waals surface area contributed by atoms with Gasteiger partial charge in [-0.05, 0) is 164 Å². The fourth-order valence-corrected chi connectivity index (χ4v) is 8.25. The van der Waals surface area contributed by atoms with Gasteiger partial charge in [-0.1, -0.05) is 23.8 Å². The summed E-state index contributed by atoms with van der Waals surface area (Å²) in [5.74, 6) is 14.1. The van der Waals surface area contributed by atoms with Gasteiger partial charge in [-0.25, -0.2) is 9.97 Å². The zero-order chi connectivity index (χ0) is 43.0. The summed E-state index contributed by atoms with van der Waals surface area (Å²) in [4.78, 5) is 13.8. The molecule has 2 saturated heterocycles. The van der Waals surface area contributed by atoms with E-state index in [1.807, 2.05) is 26.8 Å². The quantitative estimate of drug-likeness (QED) is 0.162. The number of ether oxygens (including phenoxy) is 6. The number of aromatic nitrogens is 2. The molecule has 6 rings (SSSR count). The predicted octanol–water partition coefficient (Wildman–Crippen LogP) is 8.91. The number of anilines is 2. The van der Waals surface area contributed by atoms with Gasteiger partial charge in [0.15, 0.2) is 0 Å². The normalized spacial score (nSPS) is 23.2. The summed E-state index contributed by atoms with van der Waals surface area (Å²) in [6, 6.07) is 10.6. The highest BCUT2D eigenvalue weighted by molar-refractivity contribution is 5.53. The van der Waals surface area contributed by atoms with Crippen LogP contribution in [0.4, 0.5) is 11.5 Å². The predicted molar refractivity (Wildman–Crippen MR) is 239 cm³/mol. The lowest BCUT2D eigenvalue weighted by molar-refractivity contribution is -0.174. The summed E-state index contributed by atoms with van der Waals surface area (Å²) in [7, 11) is 0. The largest absolute Gasteiger partial charge is 0.375 e. The third-order valence-corrected chi connectivity index (χ3v) is 11.8. The second kappa shape index (κ2) is 20.3. The van der Waals surface area contributed by atoms with Crippen LogP contribution in [-0.2, 0) is 28.4 Å². The Morgan fingerprint density at radius 2 is 1.17 bits per heavy atom. The minimum atomic E-state index is -0.300. The van der Waals surface area contributed by atoms with Crippen LogP contribution in [-0.4, -0.2) is 108 Å². The molecule has 330 valence electrons. The van der Waals surface area contributed by atoms with Crippen molar-refractivity contribution in [1.82, 2.24) is 9.97 Å². The monoisotopic (exact) mass is 827 g/mol. The van der Waals surface area contributed by atoms with Crippen LogP contribution in [0.5, 0.6) is 0 Å². The first-order valence-electron chi connectivity index (χ1n) is 22.7. The SMILES string of the molecule is CC(C)(C)OCC#Cc1nccc(N2CCC(OC3CC(OC(C)(C)CCC(C)(C)OCC#Cc4cccc(N5CCC(OC6CC(OC(C)(C)C)C6)CC5)c4)C3)CC2)n1. The van der Waals surface area contributed by atoms with Crippen molar-refractivity contribution in [2.45, 2.75) is 192 Å². The third kappa shape index (κ3) is 15.3. The Morgan fingerprint density at radius 1 is 0.600 bits per heavy atom. The second-order valence-electron chi connectivity index (χ2n) is 20.5. The van der Waals surface area contributed by atoms with Gasteiger partial charge < -0.3 is 38.2 Å². The van der Waals surface area contributed by atoms with E-state index in [0.717, 1.165) is 102 Å². The molecule has 2 aliphatic carbocycles. The zero-order valence-corrected chi connectivity index (χ0v) is 38.5. The Labute approximate surface area is 362 Å². The molecule has 60 heavy (non-hydrogen) atoms. The minimum absolute atomic E-state index is 0.0806. The average Bonchev–Trinajstić information content (AvgIpc) is 3.16. The van der Waals surface area contributed by atoms with Crippen LogP contribution >= 0.6 is 0 Å². The summed E-state index contributed by atoms with van der Waals surface area (Å²) in [5.41, 5.74) is 1.42. The molecule has 0 N–H and O–H groups in total. The maximum absolute atomic E-state index is 6.60. The van der Waals surface area contributed by atoms with Gasteiger partial charge in [0.05, 0.1) is 59.0 Å². The molecule has 3 heterocycles. The number of hydrogen-bond acceptors (Lipinski definition) is 10. The molecule has 2 saturated carbocycles. The van der Waals surface area contributed by atoms with Crippen LogP contribution in [0.1, 0.15) is 145 Å². The van der Waals surface area contributed by atoms with Crippen LogP contribution in [0.15, 0.2) is 36.5 Å². The van der Waals surface area contributed by atoms with E-state index in [4.69, 9.17) is 28.4 Å². The standard InChI is InChI=1S/C50H74N4O6/c1-47(2,3)55-30-13-17-45-51-25-18-46(52-45)54-28-21-40(22-29-54)58-42-35-44(36-42)60-50(9,10)24-23-49(7,8)56-31-12-15-37-14-11-16-38(32-37)53-26-19-39(20-27-53)57-41-33-43(34-41)59-48(4,5)6/h11,14,16,18,25,32,39-44H,19-24,26-31,33-36H2,1-10H3. The van der Waals surface area contributed by atoms with Crippen LogP contribution in [0.2, 0.25) is 0 Å². The van der Waals surface area contributed by atoms with Gasteiger partial charge in [-0.2, -0.15) is 0 Å². The smallest absolute Gasteiger partial charge is 0.206 e. The lowest BCUT2D eigenvalue weighted by atomic mass is 9.88. The molecule has 0 spiro atoms. The Balaban J connectivity index is 0.831. The second-order valence-corrected chi connectivity index (χ2v) is 20.5. The van der Waals surface area contributed by atoms with E-state index in [-0.39, 0.29) is 40.7 Å². The number of nitrogens with zero attached hydrogens (tertiary/aromatic N) is 4. The van der Waals surface area contributed by atoms with Crippen LogP contribution in [0, 0.1) is 23.7 Å². The van der Waals surface area contributed by atoms with Crippen molar-refractivity contribution in [2.24, 2.45) is 0 Å². The Hall–Kier alpha value is -3.22. The molecule has 2 aromatic rings. The van der Waals surface area contributed by atoms with Crippen molar-refractivity contribution in [1.29, 1.82) is 0 Å². The van der Waals surface area contributed by atoms with Crippen molar-refractivity contribution >= 4 is 11.5 Å². The highest BCUT2D eigenvalue weighted by Crippen LogP contribution is 2.36. The lowest BCUT2D eigenvalue weighted by Crippen LogP contribution is -2.46. The molecular formula is C50H74N4O6. The molecule has 0 unspecified atom stereocenters. The number of benzene rings is 1. The maximum atomic E-state index is 6.60. The summed E-state index contributed by atoms with van der Waals surface area (Å²) in [6.45, 7) is 25.7. The zero-order valence-electron chi connectivity index (χ0n) is 38.5. The van der Waals surface area contributed by atoms with Gasteiger partial charge in [0.1, 0.15) is 19.0 Å². The van der Waals surface area contributed by atoms with Gasteiger partial charge in [0.2, 0.25) is 5.82 Å². The third-order valence-electron chi connectivity index (χ3n) is 11.8. The molecule has 0 radical (unpaired) electrons. The highest BCUT2D eigenvalue weighted by Gasteiger charge is 2.38. The van der Waals surface area contributed by atoms with Crippen molar-refractivity contribution in [2.75, 3.05) is 49.2 Å². The molecule has 4 aliphatic rings. The van der Waals surface area contributed by atoms with Crippen LogP contribution in [0.3, 0.4) is 0 Å². The van der Waals surface area contributed by atoms with E-state index in [0.29, 0.717) is 37.4 Å². The molecule has 1 aromatic heterocycles. The summed E-state index contributed by atoms with van der Waals surface area (Å²) >= 11 is 0. The van der Waals surface area contributed by atoms with Crippen molar-refractivity contribution < 1.29 is 28.4 Å². The summed E-state index contributed by atoms with van der Waals surface area (Å²) in [6.07, 6.45) is 13.4. The van der Waals surface area contributed by atoms with Gasteiger partial charge >= 0.3 is 0 Å². The fourth-order valence-electron chi connectivity index (χ4n) is 8.25. The first-order valence-corrected chi connectivity index (χ1v) is 22.7. The molecule has 0 atom stereocenters. The first-order chi connectivity index (χ1) is 28.4. The van der Waals surface area contributed by atoms with Gasteiger partial charge in [0, 0.05) is 43.6 Å². The number of piperidine rings is 2. The summed E-state index contributed by atoms with van der Waals surface area (Å²) in [5, 5.41) is 0. The average molecular weight is 827 g/mol. The first kappa shape index (κ1) is 46.3. The summed E-state index contributed by atoms with van der Waals surface area (Å²) < 4.78 is 37.6. The van der Waals surface area contributed by atoms with Crippen LogP contribution < -0.4 is 9.80 Å². The molecule has 4 fully saturated rings. The molecule has 10 nitrogen and oxygen atoms in total.